The standard InChI is InChI=1S/C19H21N7O2/c20-14-10-28-7-5-16(14)25-19-23-9-13(17(21)27)18(26-19)24-12-3-4-15-11(8-12)2-1-6-22-15/h1-4,6,8-9,14,16H,5,7,10,20H2,(H2,21,27)(H2,23,24,25,26). The number of primary amides is 1. The van der Waals surface area contributed by atoms with Gasteiger partial charge in [-0.25, -0.2) is 4.98 Å². The van der Waals surface area contributed by atoms with Crippen molar-refractivity contribution >= 4 is 34.3 Å². The van der Waals surface area contributed by atoms with Crippen LogP contribution in [-0.4, -0.2) is 46.2 Å². The molecule has 28 heavy (non-hydrogen) atoms. The summed E-state index contributed by atoms with van der Waals surface area (Å²) >= 11 is 0. The lowest BCUT2D eigenvalue weighted by Crippen LogP contribution is -2.47. The SMILES string of the molecule is NC(=O)c1cnc(NC2CCOCC2N)nc1Nc1ccc2ncccc2c1. The largest absolute Gasteiger partial charge is 0.380 e. The molecule has 1 aliphatic heterocycles. The molecule has 3 heterocycles. The number of ether oxygens (including phenoxy) is 1. The Hall–Kier alpha value is -3.30. The van der Waals surface area contributed by atoms with Gasteiger partial charge in [-0.15, -0.1) is 0 Å². The molecule has 2 aromatic heterocycles. The molecule has 144 valence electrons. The number of benzene rings is 1. The summed E-state index contributed by atoms with van der Waals surface area (Å²) < 4.78 is 5.35. The van der Waals surface area contributed by atoms with Gasteiger partial charge in [-0.05, 0) is 30.7 Å². The van der Waals surface area contributed by atoms with E-state index in [4.69, 9.17) is 16.2 Å². The number of anilines is 3. The molecule has 9 heteroatoms. The number of rotatable bonds is 5. The summed E-state index contributed by atoms with van der Waals surface area (Å²) in [6.07, 6.45) is 3.90. The molecule has 4 rings (SSSR count). The first-order chi connectivity index (χ1) is 13.6. The van der Waals surface area contributed by atoms with Crippen LogP contribution in [0.15, 0.2) is 42.7 Å². The van der Waals surface area contributed by atoms with E-state index < -0.39 is 5.91 Å². The first-order valence-corrected chi connectivity index (χ1v) is 8.98. The Balaban J connectivity index is 1.62. The quantitative estimate of drug-likeness (QED) is 0.521. The molecular formula is C19H21N7O2. The van der Waals surface area contributed by atoms with Crippen molar-refractivity contribution < 1.29 is 9.53 Å². The highest BCUT2D eigenvalue weighted by Crippen LogP contribution is 2.23. The Labute approximate surface area is 161 Å². The Morgan fingerprint density at radius 3 is 2.96 bits per heavy atom. The maximum Gasteiger partial charge on any atom is 0.254 e. The van der Waals surface area contributed by atoms with E-state index in [-0.39, 0.29) is 17.6 Å². The first-order valence-electron chi connectivity index (χ1n) is 8.98. The van der Waals surface area contributed by atoms with Gasteiger partial charge >= 0.3 is 0 Å². The average Bonchev–Trinajstić information content (AvgIpc) is 2.70. The van der Waals surface area contributed by atoms with E-state index in [0.717, 1.165) is 23.0 Å². The van der Waals surface area contributed by atoms with E-state index in [2.05, 4.69) is 25.6 Å². The van der Waals surface area contributed by atoms with Crippen LogP contribution in [0.2, 0.25) is 0 Å². The minimum atomic E-state index is -0.612. The number of carbonyl (C=O) groups excluding carboxylic acids is 1. The summed E-state index contributed by atoms with van der Waals surface area (Å²) in [5, 5.41) is 7.35. The Morgan fingerprint density at radius 2 is 2.14 bits per heavy atom. The fraction of sp³-hybridized carbons (Fsp3) is 0.263. The average molecular weight is 379 g/mol. The third kappa shape index (κ3) is 3.85. The van der Waals surface area contributed by atoms with E-state index in [1.807, 2.05) is 30.3 Å². The Bertz CT molecular complexity index is 1010. The van der Waals surface area contributed by atoms with E-state index in [1.165, 1.54) is 6.20 Å². The van der Waals surface area contributed by atoms with Crippen LogP contribution in [0.4, 0.5) is 17.5 Å². The normalized spacial score (nSPS) is 19.3. The van der Waals surface area contributed by atoms with Crippen molar-refractivity contribution in [3.63, 3.8) is 0 Å². The van der Waals surface area contributed by atoms with Crippen LogP contribution < -0.4 is 22.1 Å². The highest BCUT2D eigenvalue weighted by atomic mass is 16.5. The van der Waals surface area contributed by atoms with Crippen LogP contribution in [0, 0.1) is 0 Å². The maximum absolute atomic E-state index is 11.8. The molecule has 0 spiro atoms. The van der Waals surface area contributed by atoms with Gasteiger partial charge in [-0.3, -0.25) is 9.78 Å². The molecule has 1 fully saturated rings. The van der Waals surface area contributed by atoms with Crippen LogP contribution in [0.3, 0.4) is 0 Å². The number of hydrogen-bond donors (Lipinski definition) is 4. The monoisotopic (exact) mass is 379 g/mol. The zero-order valence-corrected chi connectivity index (χ0v) is 15.1. The second kappa shape index (κ2) is 7.75. The van der Waals surface area contributed by atoms with Crippen molar-refractivity contribution in [3.8, 4) is 0 Å². The lowest BCUT2D eigenvalue weighted by atomic mass is 10.1. The lowest BCUT2D eigenvalue weighted by Gasteiger charge is -2.29. The molecular weight excluding hydrogens is 358 g/mol. The molecule has 0 aliphatic carbocycles. The maximum atomic E-state index is 11.8. The molecule has 0 bridgehead atoms. The number of pyridine rings is 1. The molecule has 2 unspecified atom stereocenters. The highest BCUT2D eigenvalue weighted by molar-refractivity contribution is 5.98. The minimum absolute atomic E-state index is 0.00669. The summed E-state index contributed by atoms with van der Waals surface area (Å²) in [6.45, 7) is 1.11. The Kier molecular flexibility index (Phi) is 5.00. The zero-order chi connectivity index (χ0) is 19.5. The van der Waals surface area contributed by atoms with Crippen LogP contribution >= 0.6 is 0 Å². The molecule has 1 aliphatic rings. The van der Waals surface area contributed by atoms with Crippen molar-refractivity contribution in [1.82, 2.24) is 15.0 Å². The molecule has 1 saturated heterocycles. The molecule has 1 amide bonds. The van der Waals surface area contributed by atoms with E-state index >= 15 is 0 Å². The molecule has 3 aromatic rings. The van der Waals surface area contributed by atoms with E-state index in [9.17, 15) is 4.79 Å². The van der Waals surface area contributed by atoms with Gasteiger partial charge in [0.15, 0.2) is 0 Å². The van der Waals surface area contributed by atoms with Crippen molar-refractivity contribution in [3.05, 3.63) is 48.3 Å². The number of nitrogens with one attached hydrogen (secondary N) is 2. The molecule has 0 radical (unpaired) electrons. The third-order valence-electron chi connectivity index (χ3n) is 4.63. The van der Waals surface area contributed by atoms with Gasteiger partial charge in [-0.1, -0.05) is 6.07 Å². The number of carbonyl (C=O) groups is 1. The summed E-state index contributed by atoms with van der Waals surface area (Å²) in [5.41, 5.74) is 13.4. The summed E-state index contributed by atoms with van der Waals surface area (Å²) in [7, 11) is 0. The summed E-state index contributed by atoms with van der Waals surface area (Å²) in [4.78, 5) is 24.8. The zero-order valence-electron chi connectivity index (χ0n) is 15.1. The van der Waals surface area contributed by atoms with Gasteiger partial charge in [-0.2, -0.15) is 4.98 Å². The van der Waals surface area contributed by atoms with Gasteiger partial charge in [0.05, 0.1) is 12.1 Å². The predicted octanol–water partition coefficient (Wildman–Crippen LogP) is 1.40. The number of amides is 1. The fourth-order valence-corrected chi connectivity index (χ4v) is 3.12. The van der Waals surface area contributed by atoms with Crippen molar-refractivity contribution in [1.29, 1.82) is 0 Å². The first kappa shape index (κ1) is 18.1. The highest BCUT2D eigenvalue weighted by Gasteiger charge is 2.23. The molecule has 0 saturated carbocycles. The van der Waals surface area contributed by atoms with Gasteiger partial charge in [0.2, 0.25) is 5.95 Å². The summed E-state index contributed by atoms with van der Waals surface area (Å²) in [6, 6.07) is 9.35. The number of nitrogens with zero attached hydrogens (tertiary/aromatic N) is 3. The third-order valence-corrected chi connectivity index (χ3v) is 4.63. The van der Waals surface area contributed by atoms with Gasteiger partial charge in [0.25, 0.3) is 5.91 Å². The van der Waals surface area contributed by atoms with Gasteiger partial charge in [0.1, 0.15) is 11.4 Å². The molecule has 6 N–H and O–H groups in total. The molecule has 2 atom stereocenters. The second-order valence-electron chi connectivity index (χ2n) is 6.63. The lowest BCUT2D eigenvalue weighted by molar-refractivity contribution is 0.0751. The second-order valence-corrected chi connectivity index (χ2v) is 6.63. The molecule has 1 aromatic carbocycles. The van der Waals surface area contributed by atoms with Gasteiger partial charge in [0, 0.05) is 42.2 Å². The van der Waals surface area contributed by atoms with E-state index in [0.29, 0.717) is 25.0 Å². The molecule has 9 nitrogen and oxygen atoms in total. The topological polar surface area (TPSA) is 141 Å². The Morgan fingerprint density at radius 1 is 1.25 bits per heavy atom. The van der Waals surface area contributed by atoms with Gasteiger partial charge < -0.3 is 26.8 Å². The number of nitrogens with two attached hydrogens (primary N) is 2. The van der Waals surface area contributed by atoms with Crippen molar-refractivity contribution in [2.75, 3.05) is 23.8 Å². The van der Waals surface area contributed by atoms with Crippen LogP contribution in [0.1, 0.15) is 16.8 Å². The fourth-order valence-electron chi connectivity index (χ4n) is 3.12. The number of hydrogen-bond acceptors (Lipinski definition) is 8. The van der Waals surface area contributed by atoms with E-state index in [1.54, 1.807) is 6.20 Å². The number of aromatic nitrogens is 3. The predicted molar refractivity (Wildman–Crippen MR) is 106 cm³/mol. The van der Waals surface area contributed by atoms with Crippen LogP contribution in [0.5, 0.6) is 0 Å². The van der Waals surface area contributed by atoms with Crippen molar-refractivity contribution in [2.45, 2.75) is 18.5 Å². The minimum Gasteiger partial charge on any atom is -0.380 e. The van der Waals surface area contributed by atoms with Crippen LogP contribution in [0.25, 0.3) is 10.9 Å². The number of fused-ring (bicyclic) bond motifs is 1. The summed E-state index contributed by atoms with van der Waals surface area (Å²) in [5.74, 6) is 0.0884. The van der Waals surface area contributed by atoms with Crippen LogP contribution in [-0.2, 0) is 4.74 Å². The smallest absolute Gasteiger partial charge is 0.254 e. The van der Waals surface area contributed by atoms with Crippen molar-refractivity contribution in [2.24, 2.45) is 11.5 Å².